The average molecular weight is 408 g/mol. The summed E-state index contributed by atoms with van der Waals surface area (Å²) >= 11 is 0. The molecule has 0 saturated carbocycles. The molecule has 0 fully saturated rings. The number of carbonyl (C=O) groups is 1. The van der Waals surface area contributed by atoms with Gasteiger partial charge in [-0.25, -0.2) is 0 Å². The quantitative estimate of drug-likeness (QED) is 0.712. The third-order valence-electron chi connectivity index (χ3n) is 4.78. The monoisotopic (exact) mass is 408 g/mol. The summed E-state index contributed by atoms with van der Waals surface area (Å²) in [5.41, 5.74) is 0.829. The summed E-state index contributed by atoms with van der Waals surface area (Å²) in [5, 5.41) is 2.66. The molecule has 0 atom stereocenters. The third-order valence-corrected chi connectivity index (χ3v) is 4.78. The van der Waals surface area contributed by atoms with Crippen LogP contribution in [0.25, 0.3) is 0 Å². The summed E-state index contributed by atoms with van der Waals surface area (Å²) in [6, 6.07) is 8.86. The van der Waals surface area contributed by atoms with E-state index in [1.54, 1.807) is 12.1 Å². The number of alkyl halides is 3. The second kappa shape index (κ2) is 8.63. The maximum absolute atomic E-state index is 13.1. The first kappa shape index (κ1) is 20.8. The first-order valence-electron chi connectivity index (χ1n) is 9.46. The van der Waals surface area contributed by atoms with Crippen molar-refractivity contribution in [1.82, 2.24) is 0 Å². The van der Waals surface area contributed by atoms with Crippen molar-refractivity contribution >= 4 is 17.3 Å². The molecule has 0 spiro atoms. The summed E-state index contributed by atoms with van der Waals surface area (Å²) in [7, 11) is 0. The molecule has 1 amide bonds. The predicted molar refractivity (Wildman–Crippen MR) is 105 cm³/mol. The molecule has 156 valence electrons. The molecule has 8 heteroatoms. The Morgan fingerprint density at radius 3 is 2.48 bits per heavy atom. The highest BCUT2D eigenvalue weighted by molar-refractivity contribution is 5.94. The summed E-state index contributed by atoms with van der Waals surface area (Å²) in [6.07, 6.45) is -3.91. The zero-order valence-corrected chi connectivity index (χ0v) is 16.3. The predicted octanol–water partition coefficient (Wildman–Crippen LogP) is 4.85. The van der Waals surface area contributed by atoms with Gasteiger partial charge in [0.05, 0.1) is 16.9 Å². The van der Waals surface area contributed by atoms with Crippen molar-refractivity contribution in [3.05, 3.63) is 47.5 Å². The van der Waals surface area contributed by atoms with E-state index >= 15 is 0 Å². The number of amides is 1. The number of ether oxygens (including phenoxy) is 2. The van der Waals surface area contributed by atoms with Gasteiger partial charge in [0, 0.05) is 19.5 Å². The minimum Gasteiger partial charge on any atom is -0.454 e. The number of hydrogen-bond donors (Lipinski definition) is 1. The van der Waals surface area contributed by atoms with Crippen LogP contribution in [-0.2, 0) is 17.4 Å². The highest BCUT2D eigenvalue weighted by atomic mass is 19.4. The van der Waals surface area contributed by atoms with E-state index in [1.165, 1.54) is 6.07 Å². The Bertz CT molecular complexity index is 880. The van der Waals surface area contributed by atoms with Gasteiger partial charge in [0.25, 0.3) is 0 Å². The normalized spacial score (nSPS) is 12.7. The van der Waals surface area contributed by atoms with E-state index < -0.39 is 11.7 Å². The number of nitrogens with one attached hydrogen (secondary N) is 1. The van der Waals surface area contributed by atoms with Crippen molar-refractivity contribution in [2.24, 2.45) is 0 Å². The fourth-order valence-corrected chi connectivity index (χ4v) is 3.22. The lowest BCUT2D eigenvalue weighted by molar-refractivity contribution is -0.137. The number of fused-ring (bicyclic) bond motifs is 1. The Kier molecular flexibility index (Phi) is 6.20. The molecule has 5 nitrogen and oxygen atoms in total. The minimum atomic E-state index is -4.48. The van der Waals surface area contributed by atoms with Gasteiger partial charge >= 0.3 is 6.18 Å². The van der Waals surface area contributed by atoms with Crippen LogP contribution in [0.1, 0.15) is 31.4 Å². The van der Waals surface area contributed by atoms with Crippen molar-refractivity contribution in [1.29, 1.82) is 0 Å². The van der Waals surface area contributed by atoms with Gasteiger partial charge in [0.2, 0.25) is 12.7 Å². The SMILES string of the molecule is CCN(CC)c1ccc(C(F)(F)F)cc1NC(=O)CCc1ccc2c(c1)OCO2. The smallest absolute Gasteiger partial charge is 0.416 e. The van der Waals surface area contributed by atoms with Crippen LogP contribution >= 0.6 is 0 Å². The van der Waals surface area contributed by atoms with Crippen LogP contribution in [0, 0.1) is 0 Å². The van der Waals surface area contributed by atoms with Crippen molar-refractivity contribution in [2.75, 3.05) is 30.1 Å². The molecule has 3 rings (SSSR count). The molecule has 0 bridgehead atoms. The van der Waals surface area contributed by atoms with Crippen molar-refractivity contribution in [3.8, 4) is 11.5 Å². The molecular weight excluding hydrogens is 385 g/mol. The lowest BCUT2D eigenvalue weighted by atomic mass is 10.1. The van der Waals surface area contributed by atoms with Crippen LogP contribution in [0.3, 0.4) is 0 Å². The Labute approximate surface area is 167 Å². The number of hydrogen-bond acceptors (Lipinski definition) is 4. The summed E-state index contributed by atoms with van der Waals surface area (Å²) < 4.78 is 50.0. The molecule has 1 N–H and O–H groups in total. The van der Waals surface area contributed by atoms with E-state index in [2.05, 4.69) is 5.32 Å². The first-order valence-corrected chi connectivity index (χ1v) is 9.46. The highest BCUT2D eigenvalue weighted by Gasteiger charge is 2.31. The van der Waals surface area contributed by atoms with Crippen LogP contribution < -0.4 is 19.7 Å². The van der Waals surface area contributed by atoms with E-state index in [-0.39, 0.29) is 24.8 Å². The van der Waals surface area contributed by atoms with Crippen LogP contribution in [0.5, 0.6) is 11.5 Å². The summed E-state index contributed by atoms with van der Waals surface area (Å²) in [6.45, 7) is 5.21. The molecule has 0 unspecified atom stereocenters. The van der Waals surface area contributed by atoms with Crippen molar-refractivity contribution in [2.45, 2.75) is 32.9 Å². The van der Waals surface area contributed by atoms with Gasteiger partial charge in [-0.15, -0.1) is 0 Å². The molecule has 0 aliphatic carbocycles. The number of benzene rings is 2. The average Bonchev–Trinajstić information content (AvgIpc) is 3.15. The van der Waals surface area contributed by atoms with E-state index in [9.17, 15) is 18.0 Å². The number of anilines is 2. The Morgan fingerprint density at radius 1 is 1.07 bits per heavy atom. The van der Waals surface area contributed by atoms with Crippen LogP contribution in [-0.4, -0.2) is 25.8 Å². The van der Waals surface area contributed by atoms with Gasteiger partial charge in [-0.05, 0) is 56.2 Å². The minimum absolute atomic E-state index is 0.133. The number of rotatable bonds is 7. The topological polar surface area (TPSA) is 50.8 Å². The van der Waals surface area contributed by atoms with Gasteiger partial charge in [-0.1, -0.05) is 6.07 Å². The van der Waals surface area contributed by atoms with E-state index in [0.717, 1.165) is 17.7 Å². The van der Waals surface area contributed by atoms with Crippen LogP contribution in [0.15, 0.2) is 36.4 Å². The van der Waals surface area contributed by atoms with Gasteiger partial charge < -0.3 is 19.7 Å². The van der Waals surface area contributed by atoms with Gasteiger partial charge in [-0.2, -0.15) is 13.2 Å². The number of nitrogens with zero attached hydrogens (tertiary/aromatic N) is 1. The molecule has 0 aromatic heterocycles. The molecule has 2 aromatic carbocycles. The fourth-order valence-electron chi connectivity index (χ4n) is 3.22. The second-order valence-corrected chi connectivity index (χ2v) is 6.64. The lowest BCUT2D eigenvalue weighted by Gasteiger charge is -2.25. The molecule has 0 radical (unpaired) electrons. The third kappa shape index (κ3) is 4.93. The zero-order chi connectivity index (χ0) is 21.0. The standard InChI is InChI=1S/C21H23F3N2O3/c1-3-26(4-2)17-8-7-15(21(22,23)24)12-16(17)25-20(27)10-6-14-5-9-18-19(11-14)29-13-28-18/h5,7-9,11-12H,3-4,6,10,13H2,1-2H3,(H,25,27). The highest BCUT2D eigenvalue weighted by Crippen LogP contribution is 2.36. The Morgan fingerprint density at radius 2 is 1.79 bits per heavy atom. The van der Waals surface area contributed by atoms with Gasteiger partial charge in [0.1, 0.15) is 0 Å². The van der Waals surface area contributed by atoms with E-state index in [4.69, 9.17) is 9.47 Å². The molecule has 29 heavy (non-hydrogen) atoms. The molecule has 0 saturated heterocycles. The van der Waals surface area contributed by atoms with E-state index in [1.807, 2.05) is 24.8 Å². The van der Waals surface area contributed by atoms with Crippen molar-refractivity contribution in [3.63, 3.8) is 0 Å². The lowest BCUT2D eigenvalue weighted by Crippen LogP contribution is -2.24. The van der Waals surface area contributed by atoms with Gasteiger partial charge in [0.15, 0.2) is 11.5 Å². The summed E-state index contributed by atoms with van der Waals surface area (Å²) in [4.78, 5) is 14.4. The molecular formula is C21H23F3N2O3. The molecule has 1 aliphatic rings. The zero-order valence-electron chi connectivity index (χ0n) is 16.3. The largest absolute Gasteiger partial charge is 0.454 e. The fraction of sp³-hybridized carbons (Fsp3) is 0.381. The number of carbonyl (C=O) groups excluding carboxylic acids is 1. The Hall–Kier alpha value is -2.90. The number of halogens is 3. The maximum atomic E-state index is 13.1. The second-order valence-electron chi connectivity index (χ2n) is 6.64. The van der Waals surface area contributed by atoms with Gasteiger partial charge in [-0.3, -0.25) is 4.79 Å². The van der Waals surface area contributed by atoms with Crippen LogP contribution in [0.2, 0.25) is 0 Å². The summed E-state index contributed by atoms with van der Waals surface area (Å²) in [5.74, 6) is 0.936. The maximum Gasteiger partial charge on any atom is 0.416 e. The first-order chi connectivity index (χ1) is 13.8. The molecule has 2 aromatic rings. The number of aryl methyl sites for hydroxylation is 1. The van der Waals surface area contributed by atoms with Crippen molar-refractivity contribution < 1.29 is 27.4 Å². The van der Waals surface area contributed by atoms with E-state index in [0.29, 0.717) is 36.7 Å². The van der Waals surface area contributed by atoms with Crippen LogP contribution in [0.4, 0.5) is 24.5 Å². The Balaban J connectivity index is 1.73. The molecule has 1 aliphatic heterocycles. The molecule has 1 heterocycles.